The first-order valence-electron chi connectivity index (χ1n) is 9.19. The highest BCUT2D eigenvalue weighted by Gasteiger charge is 2.15. The number of aromatic nitrogens is 2. The third-order valence-electron chi connectivity index (χ3n) is 4.52. The number of hydrogen-bond acceptors (Lipinski definition) is 5. The van der Waals surface area contributed by atoms with Crippen LogP contribution in [0.25, 0.3) is 22.7 Å². The molecule has 0 aliphatic heterocycles. The van der Waals surface area contributed by atoms with Crippen molar-refractivity contribution in [2.45, 2.75) is 26.4 Å². The molecule has 1 atom stereocenters. The first-order valence-corrected chi connectivity index (χ1v) is 9.98. The van der Waals surface area contributed by atoms with Gasteiger partial charge >= 0.3 is 0 Å². The number of allylic oxidation sites excluding steroid dienone is 1. The number of rotatable bonds is 7. The topological polar surface area (TPSA) is 80.2 Å². The van der Waals surface area contributed by atoms with Gasteiger partial charge in [-0.25, -0.2) is 4.98 Å². The zero-order valence-electron chi connectivity index (χ0n) is 16.7. The number of nitrogens with zero attached hydrogens (tertiary/aromatic N) is 2. The Morgan fingerprint density at radius 1 is 1.28 bits per heavy atom. The van der Waals surface area contributed by atoms with E-state index in [-0.39, 0.29) is 6.10 Å². The van der Waals surface area contributed by atoms with Gasteiger partial charge in [0.05, 0.1) is 41.4 Å². The van der Waals surface area contributed by atoms with E-state index in [1.165, 1.54) is 0 Å². The van der Waals surface area contributed by atoms with Crippen LogP contribution in [0.4, 0.5) is 0 Å². The molecule has 0 saturated heterocycles. The summed E-state index contributed by atoms with van der Waals surface area (Å²) < 4.78 is 17.5. The van der Waals surface area contributed by atoms with Crippen LogP contribution in [0.5, 0.6) is 17.2 Å². The number of nitrogens with one attached hydrogen (secondary N) is 1. The summed E-state index contributed by atoms with van der Waals surface area (Å²) in [6.45, 7) is 4.06. The van der Waals surface area contributed by atoms with Gasteiger partial charge in [-0.1, -0.05) is 6.92 Å². The third kappa shape index (κ3) is 4.54. The molecule has 7 heteroatoms. The summed E-state index contributed by atoms with van der Waals surface area (Å²) in [5.41, 5.74) is 2.76. The van der Waals surface area contributed by atoms with Gasteiger partial charge in [0.25, 0.3) is 0 Å². The van der Waals surface area contributed by atoms with E-state index in [0.29, 0.717) is 22.9 Å². The average Bonchev–Trinajstić information content (AvgIpc) is 3.16. The summed E-state index contributed by atoms with van der Waals surface area (Å²) in [6.07, 6.45) is 2.70. The molecule has 0 bridgehead atoms. The van der Waals surface area contributed by atoms with E-state index in [1.54, 1.807) is 20.3 Å². The Hall–Kier alpha value is -2.98. The van der Waals surface area contributed by atoms with Gasteiger partial charge in [-0.15, -0.1) is 0 Å². The van der Waals surface area contributed by atoms with Crippen molar-refractivity contribution in [1.29, 1.82) is 5.26 Å². The summed E-state index contributed by atoms with van der Waals surface area (Å²) in [4.78, 5) is 7.70. The van der Waals surface area contributed by atoms with Gasteiger partial charge in [-0.2, -0.15) is 5.26 Å². The number of imidazole rings is 1. The van der Waals surface area contributed by atoms with Crippen LogP contribution < -0.4 is 14.2 Å². The second-order valence-corrected chi connectivity index (χ2v) is 7.36. The summed E-state index contributed by atoms with van der Waals surface area (Å²) in [5.74, 6) is 2.46. The molecule has 0 aliphatic rings. The van der Waals surface area contributed by atoms with Crippen LogP contribution >= 0.6 is 15.9 Å². The van der Waals surface area contributed by atoms with E-state index < -0.39 is 0 Å². The van der Waals surface area contributed by atoms with Gasteiger partial charge in [-0.05, 0) is 65.2 Å². The quantitative estimate of drug-likeness (QED) is 0.470. The largest absolute Gasteiger partial charge is 0.497 e. The molecule has 3 rings (SSSR count). The monoisotopic (exact) mass is 455 g/mol. The van der Waals surface area contributed by atoms with Crippen LogP contribution in [0.3, 0.4) is 0 Å². The van der Waals surface area contributed by atoms with Crippen LogP contribution in [0, 0.1) is 11.3 Å². The molecular weight excluding hydrogens is 434 g/mol. The molecule has 3 aromatic rings. The normalized spacial score (nSPS) is 12.5. The molecule has 1 N–H and O–H groups in total. The number of halogens is 1. The zero-order valence-corrected chi connectivity index (χ0v) is 18.3. The molecule has 29 heavy (non-hydrogen) atoms. The summed E-state index contributed by atoms with van der Waals surface area (Å²) in [5, 5.41) is 9.70. The second kappa shape index (κ2) is 9.01. The van der Waals surface area contributed by atoms with E-state index in [0.717, 1.165) is 33.2 Å². The first kappa shape index (κ1) is 20.7. The molecule has 0 radical (unpaired) electrons. The maximum Gasteiger partial charge on any atom is 0.175 e. The Balaban J connectivity index is 2.01. The fourth-order valence-corrected chi connectivity index (χ4v) is 3.34. The number of hydrogen-bond donors (Lipinski definition) is 1. The lowest BCUT2D eigenvalue weighted by atomic mass is 10.1. The highest BCUT2D eigenvalue weighted by molar-refractivity contribution is 9.10. The number of methoxy groups -OCH3 is 2. The van der Waals surface area contributed by atoms with Crippen LogP contribution in [-0.4, -0.2) is 30.3 Å². The molecule has 2 aromatic carbocycles. The number of nitriles is 1. The molecule has 0 amide bonds. The third-order valence-corrected chi connectivity index (χ3v) is 5.11. The van der Waals surface area contributed by atoms with E-state index in [4.69, 9.17) is 14.2 Å². The lowest BCUT2D eigenvalue weighted by molar-refractivity contribution is 0.206. The van der Waals surface area contributed by atoms with E-state index in [2.05, 4.69) is 38.9 Å². The van der Waals surface area contributed by atoms with Crippen LogP contribution in [0.2, 0.25) is 0 Å². The molecule has 0 aliphatic carbocycles. The molecule has 0 spiro atoms. The SMILES string of the molecule is CC[C@@H](C)Oc1c(Br)cc(/C=C(/C#N)c2nc3ccc(OC)cc3[nH]2)cc1OC. The van der Waals surface area contributed by atoms with Crippen molar-refractivity contribution in [3.05, 3.63) is 46.2 Å². The Morgan fingerprint density at radius 2 is 2.07 bits per heavy atom. The predicted molar refractivity (Wildman–Crippen MR) is 117 cm³/mol. The number of H-pyrrole nitrogens is 1. The number of benzene rings is 2. The van der Waals surface area contributed by atoms with Crippen molar-refractivity contribution in [3.63, 3.8) is 0 Å². The minimum Gasteiger partial charge on any atom is -0.497 e. The lowest BCUT2D eigenvalue weighted by Crippen LogP contribution is -2.11. The number of fused-ring (bicyclic) bond motifs is 1. The molecule has 150 valence electrons. The summed E-state index contributed by atoms with van der Waals surface area (Å²) in [6, 6.07) is 11.5. The van der Waals surface area contributed by atoms with Crippen molar-refractivity contribution < 1.29 is 14.2 Å². The second-order valence-electron chi connectivity index (χ2n) is 6.51. The van der Waals surface area contributed by atoms with Gasteiger partial charge in [0.15, 0.2) is 11.5 Å². The number of ether oxygens (including phenoxy) is 3. The van der Waals surface area contributed by atoms with Gasteiger partial charge in [0.2, 0.25) is 0 Å². The van der Waals surface area contributed by atoms with Crippen molar-refractivity contribution in [2.24, 2.45) is 0 Å². The highest BCUT2D eigenvalue weighted by atomic mass is 79.9. The average molecular weight is 456 g/mol. The Labute approximate surface area is 178 Å². The minimum absolute atomic E-state index is 0.0591. The van der Waals surface area contributed by atoms with E-state index in [1.807, 2.05) is 37.3 Å². The van der Waals surface area contributed by atoms with E-state index in [9.17, 15) is 5.26 Å². The maximum atomic E-state index is 9.70. The van der Waals surface area contributed by atoms with Crippen LogP contribution in [0.1, 0.15) is 31.7 Å². The molecule has 0 saturated carbocycles. The van der Waals surface area contributed by atoms with Gasteiger partial charge in [-0.3, -0.25) is 0 Å². The molecule has 0 fully saturated rings. The van der Waals surface area contributed by atoms with Crippen molar-refractivity contribution >= 4 is 38.6 Å². The fraction of sp³-hybridized carbons (Fsp3) is 0.273. The van der Waals surface area contributed by atoms with Gasteiger partial charge in [0, 0.05) is 6.07 Å². The van der Waals surface area contributed by atoms with Crippen LogP contribution in [0.15, 0.2) is 34.8 Å². The molecule has 1 heterocycles. The van der Waals surface area contributed by atoms with Crippen molar-refractivity contribution in [2.75, 3.05) is 14.2 Å². The molecular formula is C22H22BrN3O3. The minimum atomic E-state index is 0.0591. The van der Waals surface area contributed by atoms with Crippen molar-refractivity contribution in [3.8, 4) is 23.3 Å². The number of aromatic amines is 1. The van der Waals surface area contributed by atoms with E-state index >= 15 is 0 Å². The van der Waals surface area contributed by atoms with Crippen LogP contribution in [-0.2, 0) is 0 Å². The Kier molecular flexibility index (Phi) is 6.45. The fourth-order valence-electron chi connectivity index (χ4n) is 2.79. The smallest absolute Gasteiger partial charge is 0.175 e. The zero-order chi connectivity index (χ0) is 21.0. The molecule has 6 nitrogen and oxygen atoms in total. The molecule has 1 aromatic heterocycles. The Morgan fingerprint density at radius 3 is 2.72 bits per heavy atom. The summed E-state index contributed by atoms with van der Waals surface area (Å²) in [7, 11) is 3.20. The Bertz CT molecular complexity index is 1100. The first-order chi connectivity index (χ1) is 14.0. The standard InChI is InChI=1S/C22H22BrN3O3/c1-5-13(2)29-21-17(23)9-14(10-20(21)28-4)8-15(12-24)22-25-18-7-6-16(27-3)11-19(18)26-22/h6-11,13H,5H2,1-4H3,(H,25,26)/b15-8-/t13-/m1/s1. The van der Waals surface area contributed by atoms with Gasteiger partial charge < -0.3 is 19.2 Å². The summed E-state index contributed by atoms with van der Waals surface area (Å²) >= 11 is 3.55. The van der Waals surface area contributed by atoms with Crippen molar-refractivity contribution in [1.82, 2.24) is 9.97 Å². The van der Waals surface area contributed by atoms with Gasteiger partial charge in [0.1, 0.15) is 17.6 Å². The lowest BCUT2D eigenvalue weighted by Gasteiger charge is -2.17. The predicted octanol–water partition coefficient (Wildman–Crippen LogP) is 5.58. The molecule has 0 unspecified atom stereocenters. The highest BCUT2D eigenvalue weighted by Crippen LogP contribution is 2.38. The maximum absolute atomic E-state index is 9.70.